The van der Waals surface area contributed by atoms with Gasteiger partial charge < -0.3 is 15.4 Å². The molecule has 98 valence electrons. The van der Waals surface area contributed by atoms with Crippen LogP contribution in [0.25, 0.3) is 0 Å². The van der Waals surface area contributed by atoms with Gasteiger partial charge in [-0.25, -0.2) is 0 Å². The Hall–Kier alpha value is -0.910. The third-order valence-corrected chi connectivity index (χ3v) is 5.01. The standard InChI is InChI=1S/C13H18N2O2S/c1-9-10-3-7-18-11(10)2-5-15(9)12(16)13(14)4-6-17-8-13/h3,7,9H,2,4-6,8,14H2,1H3. The highest BCUT2D eigenvalue weighted by atomic mass is 32.1. The summed E-state index contributed by atoms with van der Waals surface area (Å²) in [6.07, 6.45) is 1.57. The molecule has 0 spiro atoms. The molecule has 0 aliphatic carbocycles. The van der Waals surface area contributed by atoms with Crippen molar-refractivity contribution < 1.29 is 9.53 Å². The van der Waals surface area contributed by atoms with Crippen LogP contribution in [-0.2, 0) is 16.0 Å². The molecule has 1 fully saturated rings. The predicted molar refractivity (Wildman–Crippen MR) is 70.5 cm³/mol. The van der Waals surface area contributed by atoms with Crippen molar-refractivity contribution in [1.82, 2.24) is 4.90 Å². The van der Waals surface area contributed by atoms with Crippen LogP contribution in [0.5, 0.6) is 0 Å². The van der Waals surface area contributed by atoms with Crippen molar-refractivity contribution in [1.29, 1.82) is 0 Å². The maximum atomic E-state index is 12.6. The lowest BCUT2D eigenvalue weighted by molar-refractivity contribution is -0.139. The molecule has 0 aromatic carbocycles. The summed E-state index contributed by atoms with van der Waals surface area (Å²) in [5.74, 6) is 0.0457. The second kappa shape index (κ2) is 4.33. The number of nitrogens with zero attached hydrogens (tertiary/aromatic N) is 1. The molecule has 0 saturated carbocycles. The van der Waals surface area contributed by atoms with Gasteiger partial charge in [0, 0.05) is 18.0 Å². The van der Waals surface area contributed by atoms with Gasteiger partial charge in [-0.05, 0) is 36.8 Å². The number of carbonyl (C=O) groups is 1. The van der Waals surface area contributed by atoms with Gasteiger partial charge >= 0.3 is 0 Å². The van der Waals surface area contributed by atoms with E-state index < -0.39 is 5.54 Å². The molecule has 1 amide bonds. The second-order valence-corrected chi connectivity index (χ2v) is 6.18. The maximum absolute atomic E-state index is 12.6. The molecule has 1 saturated heterocycles. The zero-order valence-corrected chi connectivity index (χ0v) is 11.3. The summed E-state index contributed by atoms with van der Waals surface area (Å²) in [5.41, 5.74) is 6.65. The number of amides is 1. The molecule has 3 heterocycles. The fourth-order valence-electron chi connectivity index (χ4n) is 2.82. The van der Waals surface area contributed by atoms with E-state index in [4.69, 9.17) is 10.5 Å². The lowest BCUT2D eigenvalue weighted by atomic mass is 9.94. The van der Waals surface area contributed by atoms with Crippen LogP contribution < -0.4 is 5.73 Å². The number of thiophene rings is 1. The molecule has 2 unspecified atom stereocenters. The van der Waals surface area contributed by atoms with E-state index in [0.29, 0.717) is 19.6 Å². The molecule has 4 nitrogen and oxygen atoms in total. The first kappa shape index (κ1) is 12.1. The Balaban J connectivity index is 1.84. The molecule has 18 heavy (non-hydrogen) atoms. The van der Waals surface area contributed by atoms with E-state index in [0.717, 1.165) is 13.0 Å². The van der Waals surface area contributed by atoms with E-state index in [2.05, 4.69) is 18.4 Å². The Morgan fingerprint density at radius 3 is 3.22 bits per heavy atom. The number of nitrogens with two attached hydrogens (primary N) is 1. The molecule has 3 rings (SSSR count). The number of carbonyl (C=O) groups excluding carboxylic acids is 1. The summed E-state index contributed by atoms with van der Waals surface area (Å²) in [5, 5.41) is 2.10. The summed E-state index contributed by atoms with van der Waals surface area (Å²) < 4.78 is 5.29. The predicted octanol–water partition coefficient (Wildman–Crippen LogP) is 1.31. The van der Waals surface area contributed by atoms with Gasteiger partial charge in [0.05, 0.1) is 12.6 Å². The van der Waals surface area contributed by atoms with Crippen LogP contribution in [0.15, 0.2) is 11.4 Å². The van der Waals surface area contributed by atoms with Crippen LogP contribution in [0.3, 0.4) is 0 Å². The Kier molecular flexibility index (Phi) is 2.92. The summed E-state index contributed by atoms with van der Waals surface area (Å²) >= 11 is 1.78. The van der Waals surface area contributed by atoms with Crippen molar-refractivity contribution in [2.45, 2.75) is 31.3 Å². The third kappa shape index (κ3) is 1.77. The molecule has 2 N–H and O–H groups in total. The lowest BCUT2D eigenvalue weighted by Crippen LogP contribution is -2.57. The zero-order valence-electron chi connectivity index (χ0n) is 10.5. The van der Waals surface area contributed by atoms with Gasteiger partial charge in [-0.15, -0.1) is 11.3 Å². The molecule has 2 aliphatic heterocycles. The first-order chi connectivity index (χ1) is 8.62. The number of fused-ring (bicyclic) bond motifs is 1. The molecular weight excluding hydrogens is 248 g/mol. The first-order valence-corrected chi connectivity index (χ1v) is 7.24. The van der Waals surface area contributed by atoms with Crippen molar-refractivity contribution in [2.75, 3.05) is 19.8 Å². The van der Waals surface area contributed by atoms with E-state index in [-0.39, 0.29) is 11.9 Å². The van der Waals surface area contributed by atoms with Crippen molar-refractivity contribution in [3.05, 3.63) is 21.9 Å². The highest BCUT2D eigenvalue weighted by Crippen LogP contribution is 2.34. The minimum atomic E-state index is -0.804. The van der Waals surface area contributed by atoms with Gasteiger partial charge in [0.15, 0.2) is 0 Å². The summed E-state index contributed by atoms with van der Waals surface area (Å²) in [6, 6.07) is 2.26. The number of hydrogen-bond acceptors (Lipinski definition) is 4. The molecule has 1 aromatic heterocycles. The van der Waals surface area contributed by atoms with Gasteiger partial charge in [-0.2, -0.15) is 0 Å². The van der Waals surface area contributed by atoms with Crippen molar-refractivity contribution in [3.8, 4) is 0 Å². The smallest absolute Gasteiger partial charge is 0.245 e. The quantitative estimate of drug-likeness (QED) is 0.834. The lowest BCUT2D eigenvalue weighted by Gasteiger charge is -2.38. The largest absolute Gasteiger partial charge is 0.379 e. The van der Waals surface area contributed by atoms with Crippen LogP contribution in [0.2, 0.25) is 0 Å². The molecule has 0 radical (unpaired) electrons. The Morgan fingerprint density at radius 1 is 1.67 bits per heavy atom. The average Bonchev–Trinajstić information content (AvgIpc) is 2.98. The van der Waals surface area contributed by atoms with Crippen LogP contribution in [-0.4, -0.2) is 36.1 Å². The van der Waals surface area contributed by atoms with E-state index in [1.54, 1.807) is 11.3 Å². The van der Waals surface area contributed by atoms with Gasteiger partial charge in [-0.1, -0.05) is 0 Å². The number of hydrogen-bond donors (Lipinski definition) is 1. The van der Waals surface area contributed by atoms with Crippen LogP contribution in [0.1, 0.15) is 29.8 Å². The summed E-state index contributed by atoms with van der Waals surface area (Å²) in [6.45, 7) is 3.80. The molecule has 0 bridgehead atoms. The van der Waals surface area contributed by atoms with E-state index in [1.807, 2.05) is 4.90 Å². The van der Waals surface area contributed by atoms with Crippen molar-refractivity contribution in [3.63, 3.8) is 0 Å². The monoisotopic (exact) mass is 266 g/mol. The van der Waals surface area contributed by atoms with Gasteiger partial charge in [0.2, 0.25) is 5.91 Å². The fraction of sp³-hybridized carbons (Fsp3) is 0.615. The van der Waals surface area contributed by atoms with E-state index in [1.165, 1.54) is 10.4 Å². The van der Waals surface area contributed by atoms with Crippen LogP contribution in [0, 0.1) is 0 Å². The zero-order chi connectivity index (χ0) is 12.8. The maximum Gasteiger partial charge on any atom is 0.245 e. The molecule has 2 atom stereocenters. The highest BCUT2D eigenvalue weighted by Gasteiger charge is 2.43. The van der Waals surface area contributed by atoms with Crippen LogP contribution >= 0.6 is 11.3 Å². The molecular formula is C13H18N2O2S. The van der Waals surface area contributed by atoms with Gasteiger partial charge in [-0.3, -0.25) is 4.79 Å². The molecule has 5 heteroatoms. The van der Waals surface area contributed by atoms with Crippen molar-refractivity contribution in [2.24, 2.45) is 5.73 Å². The third-order valence-electron chi connectivity index (χ3n) is 4.02. The first-order valence-electron chi connectivity index (χ1n) is 6.36. The minimum absolute atomic E-state index is 0.0457. The van der Waals surface area contributed by atoms with Gasteiger partial charge in [0.25, 0.3) is 0 Å². The average molecular weight is 266 g/mol. The number of rotatable bonds is 1. The molecule has 1 aromatic rings. The SMILES string of the molecule is CC1c2ccsc2CCN1C(=O)C1(N)CCOC1. The van der Waals surface area contributed by atoms with E-state index in [9.17, 15) is 4.79 Å². The fourth-order valence-corrected chi connectivity index (χ4v) is 3.79. The Morgan fingerprint density at radius 2 is 2.50 bits per heavy atom. The second-order valence-electron chi connectivity index (χ2n) is 5.18. The topological polar surface area (TPSA) is 55.6 Å². The Labute approximate surface area is 111 Å². The summed E-state index contributed by atoms with van der Waals surface area (Å²) in [7, 11) is 0. The highest BCUT2D eigenvalue weighted by molar-refractivity contribution is 7.10. The Bertz CT molecular complexity index is 465. The summed E-state index contributed by atoms with van der Waals surface area (Å²) in [4.78, 5) is 15.9. The normalized spacial score (nSPS) is 31.4. The van der Waals surface area contributed by atoms with E-state index >= 15 is 0 Å². The minimum Gasteiger partial charge on any atom is -0.379 e. The number of ether oxygens (including phenoxy) is 1. The molecule has 2 aliphatic rings. The van der Waals surface area contributed by atoms with Crippen molar-refractivity contribution >= 4 is 17.2 Å². The van der Waals surface area contributed by atoms with Gasteiger partial charge in [0.1, 0.15) is 5.54 Å². The van der Waals surface area contributed by atoms with Crippen LogP contribution in [0.4, 0.5) is 0 Å².